The van der Waals surface area contributed by atoms with Crippen molar-refractivity contribution in [3.63, 3.8) is 0 Å². The zero-order valence-corrected chi connectivity index (χ0v) is 13.0. The molecule has 0 atom stereocenters. The highest BCUT2D eigenvalue weighted by atomic mass is 79.9. The van der Waals surface area contributed by atoms with Crippen molar-refractivity contribution in [2.75, 3.05) is 10.7 Å². The van der Waals surface area contributed by atoms with Gasteiger partial charge >= 0.3 is 6.01 Å². The first kappa shape index (κ1) is 15.4. The number of nitrogens with zero attached hydrogens (tertiary/aromatic N) is 3. The molecule has 1 heterocycles. The van der Waals surface area contributed by atoms with Gasteiger partial charge in [0.15, 0.2) is 0 Å². The van der Waals surface area contributed by atoms with Crippen molar-refractivity contribution in [2.45, 2.75) is 20.0 Å². The minimum atomic E-state index is -0.384. The second-order valence-corrected chi connectivity index (χ2v) is 5.18. The lowest BCUT2D eigenvalue weighted by Crippen LogP contribution is -2.15. The molecule has 0 fully saturated rings. The molecule has 0 spiro atoms. The maximum atomic E-state index is 13.3. The fourth-order valence-corrected chi connectivity index (χ4v) is 1.80. The number of nitrogens with one attached hydrogen (secondary N) is 2. The largest absolute Gasteiger partial charge is 0.461 e. The van der Waals surface area contributed by atoms with Crippen LogP contribution in [0.3, 0.4) is 0 Å². The number of aromatic nitrogens is 3. The van der Waals surface area contributed by atoms with Crippen LogP contribution in [0.5, 0.6) is 6.01 Å². The Morgan fingerprint density at radius 3 is 2.62 bits per heavy atom. The molecule has 0 aliphatic rings. The van der Waals surface area contributed by atoms with Crippen molar-refractivity contribution in [3.05, 3.63) is 28.5 Å². The molecule has 2 rings (SSSR count). The fraction of sp³-hybridized carbons (Fsp3) is 0.250. The summed E-state index contributed by atoms with van der Waals surface area (Å²) >= 11 is 3.31. The third kappa shape index (κ3) is 4.23. The number of rotatable bonds is 5. The predicted octanol–water partition coefficient (Wildman–Crippen LogP) is 2.59. The molecular formula is C12H14BrFN6O. The van der Waals surface area contributed by atoms with Crippen LogP contribution < -0.4 is 21.3 Å². The Morgan fingerprint density at radius 1 is 1.24 bits per heavy atom. The number of ether oxygens (including phenoxy) is 1. The van der Waals surface area contributed by atoms with E-state index in [9.17, 15) is 4.39 Å². The molecule has 1 aromatic carbocycles. The van der Waals surface area contributed by atoms with Gasteiger partial charge < -0.3 is 10.1 Å². The molecule has 0 amide bonds. The minimum Gasteiger partial charge on any atom is -0.461 e. The first-order chi connectivity index (χ1) is 9.97. The summed E-state index contributed by atoms with van der Waals surface area (Å²) in [5, 5.41) is 2.88. The van der Waals surface area contributed by atoms with Crippen molar-refractivity contribution in [1.29, 1.82) is 0 Å². The summed E-state index contributed by atoms with van der Waals surface area (Å²) in [4.78, 5) is 12.1. The van der Waals surface area contributed by atoms with Gasteiger partial charge in [-0.2, -0.15) is 15.0 Å². The summed E-state index contributed by atoms with van der Waals surface area (Å²) in [5.41, 5.74) is 2.80. The van der Waals surface area contributed by atoms with Crippen LogP contribution in [-0.2, 0) is 0 Å². The summed E-state index contributed by atoms with van der Waals surface area (Å²) in [5.74, 6) is 5.24. The maximum Gasteiger partial charge on any atom is 0.323 e. The highest BCUT2D eigenvalue weighted by Gasteiger charge is 2.10. The van der Waals surface area contributed by atoms with Crippen molar-refractivity contribution >= 4 is 33.5 Å². The molecule has 7 nitrogen and oxygen atoms in total. The average Bonchev–Trinajstić information content (AvgIpc) is 2.42. The molecule has 0 aliphatic carbocycles. The molecule has 21 heavy (non-hydrogen) atoms. The fourth-order valence-electron chi connectivity index (χ4n) is 1.45. The molecule has 0 bridgehead atoms. The number of hydrogen-bond acceptors (Lipinski definition) is 7. The maximum absolute atomic E-state index is 13.3. The quantitative estimate of drug-likeness (QED) is 0.559. The third-order valence-corrected chi connectivity index (χ3v) is 2.95. The number of hydrazine groups is 1. The van der Waals surface area contributed by atoms with Gasteiger partial charge in [0.2, 0.25) is 11.9 Å². The second kappa shape index (κ2) is 6.64. The Hall–Kier alpha value is -2.00. The monoisotopic (exact) mass is 356 g/mol. The van der Waals surface area contributed by atoms with E-state index in [1.54, 1.807) is 6.07 Å². The van der Waals surface area contributed by atoms with E-state index in [-0.39, 0.29) is 29.8 Å². The molecular weight excluding hydrogens is 343 g/mol. The Morgan fingerprint density at radius 2 is 1.95 bits per heavy atom. The van der Waals surface area contributed by atoms with Gasteiger partial charge in [0, 0.05) is 4.47 Å². The van der Waals surface area contributed by atoms with E-state index in [4.69, 9.17) is 10.6 Å². The molecule has 1 aromatic heterocycles. The molecule has 2 aromatic rings. The van der Waals surface area contributed by atoms with E-state index in [0.717, 1.165) is 0 Å². The van der Waals surface area contributed by atoms with Gasteiger partial charge in [0.25, 0.3) is 0 Å². The molecule has 0 radical (unpaired) electrons. The lowest BCUT2D eigenvalue weighted by atomic mass is 10.3. The normalized spacial score (nSPS) is 10.6. The lowest BCUT2D eigenvalue weighted by molar-refractivity contribution is 0.222. The number of benzene rings is 1. The zero-order valence-electron chi connectivity index (χ0n) is 11.4. The van der Waals surface area contributed by atoms with Crippen LogP contribution in [0, 0.1) is 5.82 Å². The van der Waals surface area contributed by atoms with E-state index in [1.807, 2.05) is 13.8 Å². The topological polar surface area (TPSA) is 98.0 Å². The summed E-state index contributed by atoms with van der Waals surface area (Å²) in [6, 6.07) is 4.34. The van der Waals surface area contributed by atoms with E-state index >= 15 is 0 Å². The summed E-state index contributed by atoms with van der Waals surface area (Å²) in [6.07, 6.45) is -0.105. The predicted molar refractivity (Wildman–Crippen MR) is 80.8 cm³/mol. The smallest absolute Gasteiger partial charge is 0.323 e. The molecule has 0 saturated heterocycles. The van der Waals surface area contributed by atoms with E-state index in [0.29, 0.717) is 10.2 Å². The Kier molecular flexibility index (Phi) is 4.86. The first-order valence-corrected chi connectivity index (χ1v) is 6.88. The van der Waals surface area contributed by atoms with Crippen LogP contribution in [-0.4, -0.2) is 21.1 Å². The molecule has 0 aliphatic heterocycles. The first-order valence-electron chi connectivity index (χ1n) is 6.09. The van der Waals surface area contributed by atoms with E-state index in [2.05, 4.69) is 41.6 Å². The molecule has 9 heteroatoms. The Bertz CT molecular complexity index is 639. The Labute approximate surface area is 129 Å². The van der Waals surface area contributed by atoms with Crippen molar-refractivity contribution in [1.82, 2.24) is 15.0 Å². The Balaban J connectivity index is 2.32. The van der Waals surface area contributed by atoms with Crippen LogP contribution in [0.2, 0.25) is 0 Å². The molecule has 4 N–H and O–H groups in total. The number of halogens is 2. The van der Waals surface area contributed by atoms with Gasteiger partial charge in [-0.1, -0.05) is 0 Å². The van der Waals surface area contributed by atoms with Gasteiger partial charge in [-0.15, -0.1) is 0 Å². The minimum absolute atomic E-state index is 0.105. The van der Waals surface area contributed by atoms with Crippen molar-refractivity contribution in [3.8, 4) is 6.01 Å². The summed E-state index contributed by atoms with van der Waals surface area (Å²) in [7, 11) is 0. The summed E-state index contributed by atoms with van der Waals surface area (Å²) < 4.78 is 19.3. The number of nitrogen functional groups attached to an aromatic ring is 1. The summed E-state index contributed by atoms with van der Waals surface area (Å²) in [6.45, 7) is 3.69. The van der Waals surface area contributed by atoms with Crippen LogP contribution in [0.1, 0.15) is 13.8 Å². The van der Waals surface area contributed by atoms with Gasteiger partial charge in [0.1, 0.15) is 5.82 Å². The molecule has 0 saturated carbocycles. The molecule has 0 unspecified atom stereocenters. The highest BCUT2D eigenvalue weighted by molar-refractivity contribution is 9.10. The number of hydrogen-bond donors (Lipinski definition) is 3. The van der Waals surface area contributed by atoms with Gasteiger partial charge in [-0.3, -0.25) is 5.43 Å². The van der Waals surface area contributed by atoms with Crippen LogP contribution in [0.25, 0.3) is 0 Å². The van der Waals surface area contributed by atoms with Gasteiger partial charge in [0.05, 0.1) is 11.8 Å². The van der Waals surface area contributed by atoms with E-state index in [1.165, 1.54) is 12.1 Å². The number of anilines is 3. The lowest BCUT2D eigenvalue weighted by Gasteiger charge is -2.11. The zero-order chi connectivity index (χ0) is 15.4. The SMILES string of the molecule is CC(C)Oc1nc(NN)nc(Nc2cc(F)ccc2Br)n1. The van der Waals surface area contributed by atoms with Crippen molar-refractivity contribution in [2.24, 2.45) is 5.84 Å². The van der Waals surface area contributed by atoms with Crippen LogP contribution in [0.4, 0.5) is 22.0 Å². The number of nitrogens with two attached hydrogens (primary N) is 1. The van der Waals surface area contributed by atoms with Crippen LogP contribution >= 0.6 is 15.9 Å². The highest BCUT2D eigenvalue weighted by Crippen LogP contribution is 2.26. The third-order valence-electron chi connectivity index (χ3n) is 2.26. The second-order valence-electron chi connectivity index (χ2n) is 4.33. The molecule has 112 valence electrons. The average molecular weight is 357 g/mol. The van der Waals surface area contributed by atoms with Gasteiger partial charge in [-0.05, 0) is 48.0 Å². The van der Waals surface area contributed by atoms with Gasteiger partial charge in [-0.25, -0.2) is 10.2 Å². The van der Waals surface area contributed by atoms with Crippen molar-refractivity contribution < 1.29 is 9.13 Å². The van der Waals surface area contributed by atoms with Crippen LogP contribution in [0.15, 0.2) is 22.7 Å². The van der Waals surface area contributed by atoms with E-state index < -0.39 is 0 Å². The standard InChI is InChI=1S/C12H14BrFN6O/c1-6(2)21-12-18-10(17-11(19-12)20-15)16-9-5-7(14)3-4-8(9)13/h3-6H,15H2,1-2H3,(H2,16,17,18,19,20).